The Bertz CT molecular complexity index is 870. The summed E-state index contributed by atoms with van der Waals surface area (Å²) in [6.07, 6.45) is 5.07. The molecule has 0 unspecified atom stereocenters. The van der Waals surface area contributed by atoms with Crippen LogP contribution in [0.1, 0.15) is 37.8 Å². The number of hydrogen-bond acceptors (Lipinski definition) is 4. The molecule has 2 aromatic rings. The van der Waals surface area contributed by atoms with Crippen LogP contribution in [0.2, 0.25) is 0 Å². The SMILES string of the molecule is CCCCOc1ccc(/C=C2/SC(=Nc3ccc(CC)cc3)N(C)C2=O)cc1. The molecule has 4 nitrogen and oxygen atoms in total. The molecule has 1 aliphatic rings. The lowest BCUT2D eigenvalue weighted by Gasteiger charge is -2.07. The van der Waals surface area contributed by atoms with Crippen LogP contribution < -0.4 is 4.74 Å². The average Bonchev–Trinajstić information content (AvgIpc) is 2.98. The maximum absolute atomic E-state index is 12.6. The van der Waals surface area contributed by atoms with Crippen molar-refractivity contribution in [3.63, 3.8) is 0 Å². The van der Waals surface area contributed by atoms with E-state index in [0.717, 1.165) is 42.9 Å². The van der Waals surface area contributed by atoms with Gasteiger partial charge >= 0.3 is 0 Å². The van der Waals surface area contributed by atoms with Crippen LogP contribution in [0.5, 0.6) is 5.75 Å². The van der Waals surface area contributed by atoms with Crippen LogP contribution in [-0.2, 0) is 11.2 Å². The van der Waals surface area contributed by atoms with E-state index in [2.05, 4.69) is 31.0 Å². The third kappa shape index (κ3) is 5.04. The van der Waals surface area contributed by atoms with Crippen molar-refractivity contribution in [2.24, 2.45) is 4.99 Å². The summed E-state index contributed by atoms with van der Waals surface area (Å²) in [5, 5.41) is 0.694. The van der Waals surface area contributed by atoms with E-state index in [0.29, 0.717) is 10.1 Å². The molecular weight excluding hydrogens is 368 g/mol. The van der Waals surface area contributed by atoms with E-state index in [1.165, 1.54) is 17.3 Å². The zero-order chi connectivity index (χ0) is 19.9. The van der Waals surface area contributed by atoms with Crippen molar-refractivity contribution < 1.29 is 9.53 Å². The van der Waals surface area contributed by atoms with Gasteiger partial charge in [0, 0.05) is 7.05 Å². The van der Waals surface area contributed by atoms with Gasteiger partial charge in [0.2, 0.25) is 0 Å². The largest absolute Gasteiger partial charge is 0.494 e. The number of aryl methyl sites for hydroxylation is 1. The van der Waals surface area contributed by atoms with Crippen LogP contribution in [0.4, 0.5) is 5.69 Å². The first-order valence-corrected chi connectivity index (χ1v) is 10.5. The standard InChI is InChI=1S/C23H26N2O2S/c1-4-6-15-27-20-13-9-18(10-14-20)16-21-22(26)25(3)23(28-21)24-19-11-7-17(5-2)8-12-19/h7-14,16H,4-6,15H2,1-3H3/b21-16+,24-23?. The van der Waals surface area contributed by atoms with Crippen molar-refractivity contribution in [3.8, 4) is 5.75 Å². The van der Waals surface area contributed by atoms with Gasteiger partial charge in [-0.2, -0.15) is 0 Å². The molecule has 2 aromatic carbocycles. The van der Waals surface area contributed by atoms with Gasteiger partial charge in [-0.15, -0.1) is 0 Å². The molecule has 1 amide bonds. The van der Waals surface area contributed by atoms with Crippen LogP contribution in [0.15, 0.2) is 58.4 Å². The summed E-state index contributed by atoms with van der Waals surface area (Å²) in [6.45, 7) is 5.00. The van der Waals surface area contributed by atoms with Crippen molar-refractivity contribution >= 4 is 34.6 Å². The van der Waals surface area contributed by atoms with Gasteiger partial charge in [0.25, 0.3) is 5.91 Å². The number of amides is 1. The highest BCUT2D eigenvalue weighted by molar-refractivity contribution is 8.18. The predicted molar refractivity (Wildman–Crippen MR) is 118 cm³/mol. The Morgan fingerprint density at radius 3 is 2.43 bits per heavy atom. The van der Waals surface area contributed by atoms with Crippen LogP contribution in [0.3, 0.4) is 0 Å². The zero-order valence-corrected chi connectivity index (χ0v) is 17.5. The topological polar surface area (TPSA) is 41.9 Å². The predicted octanol–water partition coefficient (Wildman–Crippen LogP) is 5.66. The number of carbonyl (C=O) groups is 1. The van der Waals surface area contributed by atoms with E-state index in [9.17, 15) is 4.79 Å². The minimum absolute atomic E-state index is 0.0304. The van der Waals surface area contributed by atoms with Gasteiger partial charge in [-0.1, -0.05) is 44.5 Å². The number of thioether (sulfide) groups is 1. The molecule has 0 atom stereocenters. The van der Waals surface area contributed by atoms with Crippen molar-refractivity contribution in [1.82, 2.24) is 4.90 Å². The molecule has 0 spiro atoms. The van der Waals surface area contributed by atoms with Gasteiger partial charge in [-0.25, -0.2) is 4.99 Å². The Balaban J connectivity index is 1.72. The summed E-state index contributed by atoms with van der Waals surface area (Å²) < 4.78 is 5.69. The molecule has 28 heavy (non-hydrogen) atoms. The Kier molecular flexibility index (Phi) is 6.93. The maximum atomic E-state index is 12.6. The van der Waals surface area contributed by atoms with Gasteiger partial charge in [-0.3, -0.25) is 9.69 Å². The molecule has 0 radical (unpaired) electrons. The number of rotatable bonds is 7. The first-order valence-electron chi connectivity index (χ1n) is 9.68. The Morgan fingerprint density at radius 1 is 1.07 bits per heavy atom. The number of likely N-dealkylation sites (N-methyl/N-ethyl adjacent to an activating group) is 1. The third-order valence-corrected chi connectivity index (χ3v) is 5.58. The Labute approximate surface area is 171 Å². The van der Waals surface area contributed by atoms with E-state index in [1.807, 2.05) is 42.5 Å². The summed E-state index contributed by atoms with van der Waals surface area (Å²) in [6, 6.07) is 16.0. The fourth-order valence-electron chi connectivity index (χ4n) is 2.71. The number of ether oxygens (including phenoxy) is 1. The number of aliphatic imine (C=N–C) groups is 1. The smallest absolute Gasteiger partial charge is 0.266 e. The normalized spacial score (nSPS) is 17.0. The molecule has 1 saturated heterocycles. The van der Waals surface area contributed by atoms with Crippen molar-refractivity contribution in [3.05, 3.63) is 64.6 Å². The molecule has 1 aliphatic heterocycles. The second-order valence-electron chi connectivity index (χ2n) is 6.66. The number of nitrogens with zero attached hydrogens (tertiary/aromatic N) is 2. The highest BCUT2D eigenvalue weighted by Crippen LogP contribution is 2.33. The first-order chi connectivity index (χ1) is 13.6. The summed E-state index contributed by atoms with van der Waals surface area (Å²) in [5.74, 6) is 0.827. The number of carbonyl (C=O) groups excluding carboxylic acids is 1. The minimum atomic E-state index is -0.0304. The number of hydrogen-bond donors (Lipinski definition) is 0. The molecule has 1 heterocycles. The fraction of sp³-hybridized carbons (Fsp3) is 0.304. The highest BCUT2D eigenvalue weighted by Gasteiger charge is 2.30. The maximum Gasteiger partial charge on any atom is 0.266 e. The van der Waals surface area contributed by atoms with Crippen LogP contribution >= 0.6 is 11.8 Å². The second-order valence-corrected chi connectivity index (χ2v) is 7.67. The lowest BCUT2D eigenvalue weighted by Crippen LogP contribution is -2.23. The van der Waals surface area contributed by atoms with Gasteiger partial charge < -0.3 is 4.74 Å². The summed E-state index contributed by atoms with van der Waals surface area (Å²) in [7, 11) is 1.76. The van der Waals surface area contributed by atoms with Gasteiger partial charge in [0.05, 0.1) is 17.2 Å². The molecule has 0 N–H and O–H groups in total. The van der Waals surface area contributed by atoms with Crippen molar-refractivity contribution in [2.45, 2.75) is 33.1 Å². The van der Waals surface area contributed by atoms with Crippen molar-refractivity contribution in [1.29, 1.82) is 0 Å². The van der Waals surface area contributed by atoms with E-state index in [1.54, 1.807) is 11.9 Å². The Hall–Kier alpha value is -2.53. The summed E-state index contributed by atoms with van der Waals surface area (Å²) >= 11 is 1.40. The van der Waals surface area contributed by atoms with E-state index >= 15 is 0 Å². The average molecular weight is 395 g/mol. The molecular formula is C23H26N2O2S. The zero-order valence-electron chi connectivity index (χ0n) is 16.6. The molecule has 0 aromatic heterocycles. The molecule has 0 aliphatic carbocycles. The van der Waals surface area contributed by atoms with Crippen LogP contribution in [0, 0.1) is 0 Å². The summed E-state index contributed by atoms with van der Waals surface area (Å²) in [4.78, 5) is 19.5. The molecule has 0 bridgehead atoms. The van der Waals surface area contributed by atoms with Crippen LogP contribution in [-0.4, -0.2) is 29.6 Å². The highest BCUT2D eigenvalue weighted by atomic mass is 32.2. The molecule has 3 rings (SSSR count). The van der Waals surface area contributed by atoms with Gasteiger partial charge in [0.15, 0.2) is 5.17 Å². The van der Waals surface area contributed by atoms with E-state index in [-0.39, 0.29) is 5.91 Å². The summed E-state index contributed by atoms with van der Waals surface area (Å²) in [5.41, 5.74) is 3.10. The van der Waals surface area contributed by atoms with Gasteiger partial charge in [0.1, 0.15) is 5.75 Å². The molecule has 0 saturated carbocycles. The number of amidine groups is 1. The van der Waals surface area contributed by atoms with E-state index < -0.39 is 0 Å². The lowest BCUT2D eigenvalue weighted by atomic mass is 10.2. The number of unbranched alkanes of at least 4 members (excludes halogenated alkanes) is 1. The fourth-order valence-corrected chi connectivity index (χ4v) is 3.70. The minimum Gasteiger partial charge on any atom is -0.494 e. The van der Waals surface area contributed by atoms with Gasteiger partial charge in [-0.05, 0) is 66.1 Å². The lowest BCUT2D eigenvalue weighted by molar-refractivity contribution is -0.121. The first kappa shape index (κ1) is 20.2. The molecule has 146 valence electrons. The van der Waals surface area contributed by atoms with E-state index in [4.69, 9.17) is 4.74 Å². The second kappa shape index (κ2) is 9.60. The third-order valence-electron chi connectivity index (χ3n) is 4.52. The van der Waals surface area contributed by atoms with Crippen LogP contribution in [0.25, 0.3) is 6.08 Å². The molecule has 5 heteroatoms. The molecule has 1 fully saturated rings. The Morgan fingerprint density at radius 2 is 1.79 bits per heavy atom. The quantitative estimate of drug-likeness (QED) is 0.449. The monoisotopic (exact) mass is 394 g/mol. The van der Waals surface area contributed by atoms with Crippen molar-refractivity contribution in [2.75, 3.05) is 13.7 Å². The number of benzene rings is 2.